The Morgan fingerprint density at radius 2 is 2.00 bits per heavy atom. The fraction of sp³-hybridized carbons (Fsp3) is 0.111. The number of benzene rings is 2. The van der Waals surface area contributed by atoms with Crippen LogP contribution >= 0.6 is 0 Å². The molecule has 1 aromatic heterocycles. The molecule has 0 aliphatic carbocycles. The van der Waals surface area contributed by atoms with Gasteiger partial charge in [-0.1, -0.05) is 24.3 Å². The van der Waals surface area contributed by atoms with Gasteiger partial charge < -0.3 is 9.88 Å². The van der Waals surface area contributed by atoms with Gasteiger partial charge in [0.25, 0.3) is 0 Å². The molecular weight excluding hydrogens is 295 g/mol. The number of aromatic nitrogens is 1. The van der Waals surface area contributed by atoms with E-state index in [2.05, 4.69) is 5.32 Å². The smallest absolute Gasteiger partial charge is 0.244 e. The number of halogens is 1. The topological polar surface area (TPSA) is 51.1 Å². The van der Waals surface area contributed by atoms with Crippen molar-refractivity contribution in [1.29, 1.82) is 0 Å². The monoisotopic (exact) mass is 310 g/mol. The molecule has 23 heavy (non-hydrogen) atoms. The molecule has 3 rings (SSSR count). The average molecular weight is 310 g/mol. The summed E-state index contributed by atoms with van der Waals surface area (Å²) < 4.78 is 15.2. The third-order valence-corrected chi connectivity index (χ3v) is 3.80. The second-order valence-corrected chi connectivity index (χ2v) is 5.31. The van der Waals surface area contributed by atoms with Gasteiger partial charge in [0.1, 0.15) is 12.4 Å². The largest absolute Gasteiger partial charge is 0.337 e. The quantitative estimate of drug-likeness (QED) is 0.749. The lowest BCUT2D eigenvalue weighted by atomic mass is 10.2. The summed E-state index contributed by atoms with van der Waals surface area (Å²) in [7, 11) is 0. The molecule has 4 nitrogen and oxygen atoms in total. The third kappa shape index (κ3) is 2.85. The maximum Gasteiger partial charge on any atom is 0.244 e. The zero-order chi connectivity index (χ0) is 16.4. The number of fused-ring (bicyclic) bond motifs is 1. The molecule has 0 unspecified atom stereocenters. The lowest BCUT2D eigenvalue weighted by molar-refractivity contribution is -0.116. The third-order valence-electron chi connectivity index (χ3n) is 3.80. The van der Waals surface area contributed by atoms with Gasteiger partial charge in [-0.3, -0.25) is 9.59 Å². The van der Waals surface area contributed by atoms with Gasteiger partial charge in [-0.2, -0.15) is 0 Å². The van der Waals surface area contributed by atoms with Crippen molar-refractivity contribution in [3.63, 3.8) is 0 Å². The number of nitrogens with one attached hydrogen (secondary N) is 1. The summed E-state index contributed by atoms with van der Waals surface area (Å²) in [5.74, 6) is -0.644. The van der Waals surface area contributed by atoms with Crippen molar-refractivity contribution in [2.75, 3.05) is 5.32 Å². The molecule has 1 amide bonds. The van der Waals surface area contributed by atoms with Crippen molar-refractivity contribution in [2.24, 2.45) is 0 Å². The zero-order valence-electron chi connectivity index (χ0n) is 12.5. The Hall–Kier alpha value is -2.95. The van der Waals surface area contributed by atoms with Crippen LogP contribution in [0.5, 0.6) is 0 Å². The minimum absolute atomic E-state index is 0.0459. The summed E-state index contributed by atoms with van der Waals surface area (Å²) in [4.78, 5) is 23.4. The number of anilines is 1. The van der Waals surface area contributed by atoms with Crippen LogP contribution in [0.1, 0.15) is 15.9 Å². The van der Waals surface area contributed by atoms with E-state index in [1.807, 2.05) is 24.3 Å². The predicted molar refractivity (Wildman–Crippen MR) is 87.1 cm³/mol. The van der Waals surface area contributed by atoms with Crippen LogP contribution in [-0.4, -0.2) is 16.8 Å². The highest BCUT2D eigenvalue weighted by molar-refractivity contribution is 5.99. The Kier molecular flexibility index (Phi) is 3.93. The van der Waals surface area contributed by atoms with Gasteiger partial charge in [-0.05, 0) is 25.1 Å². The molecule has 0 spiro atoms. The first-order chi connectivity index (χ1) is 11.1. The van der Waals surface area contributed by atoms with Crippen molar-refractivity contribution in [1.82, 2.24) is 4.57 Å². The van der Waals surface area contributed by atoms with Gasteiger partial charge in [-0.25, -0.2) is 4.39 Å². The van der Waals surface area contributed by atoms with Crippen LogP contribution in [0, 0.1) is 12.7 Å². The van der Waals surface area contributed by atoms with Crippen molar-refractivity contribution in [3.8, 4) is 0 Å². The number of nitrogens with zero attached hydrogens (tertiary/aromatic N) is 1. The van der Waals surface area contributed by atoms with Gasteiger partial charge in [0.15, 0.2) is 6.29 Å². The van der Waals surface area contributed by atoms with E-state index in [0.29, 0.717) is 16.8 Å². The fourth-order valence-corrected chi connectivity index (χ4v) is 2.59. The number of carbonyl (C=O) groups is 2. The van der Waals surface area contributed by atoms with E-state index in [9.17, 15) is 14.0 Å². The normalized spacial score (nSPS) is 10.7. The summed E-state index contributed by atoms with van der Waals surface area (Å²) in [6, 6.07) is 11.9. The lowest BCUT2D eigenvalue weighted by Crippen LogP contribution is -2.19. The van der Waals surface area contributed by atoms with Crippen LogP contribution in [0.15, 0.2) is 48.7 Å². The van der Waals surface area contributed by atoms with Crippen molar-refractivity contribution < 1.29 is 14.0 Å². The van der Waals surface area contributed by atoms with Crippen molar-refractivity contribution in [2.45, 2.75) is 13.5 Å². The number of hydrogen-bond acceptors (Lipinski definition) is 2. The van der Waals surface area contributed by atoms with E-state index < -0.39 is 0 Å². The highest BCUT2D eigenvalue weighted by Crippen LogP contribution is 2.21. The minimum Gasteiger partial charge on any atom is -0.337 e. The molecule has 0 saturated heterocycles. The first-order valence-electron chi connectivity index (χ1n) is 7.18. The molecule has 1 heterocycles. The molecule has 5 heteroatoms. The van der Waals surface area contributed by atoms with Crippen LogP contribution in [0.3, 0.4) is 0 Å². The molecule has 0 fully saturated rings. The first-order valence-corrected chi connectivity index (χ1v) is 7.18. The molecule has 0 aliphatic rings. The van der Waals surface area contributed by atoms with E-state index in [1.165, 1.54) is 6.07 Å². The van der Waals surface area contributed by atoms with Crippen LogP contribution in [0.4, 0.5) is 10.1 Å². The Balaban J connectivity index is 1.86. The Labute approximate surface area is 132 Å². The maximum atomic E-state index is 13.5. The van der Waals surface area contributed by atoms with E-state index in [4.69, 9.17) is 0 Å². The summed E-state index contributed by atoms with van der Waals surface area (Å²) in [6.07, 6.45) is 2.42. The molecule has 2 aromatic carbocycles. The number of amides is 1. The number of rotatable bonds is 4. The number of hydrogen-bond donors (Lipinski definition) is 1. The standard InChI is InChI=1S/C18H15FN2O2/c1-12-15(19)6-4-7-16(12)20-18(23)10-21-9-13(11-22)14-5-2-3-8-17(14)21/h2-9,11H,10H2,1H3,(H,20,23). The molecule has 116 valence electrons. The molecular formula is C18H15FN2O2. The number of aldehydes is 1. The summed E-state index contributed by atoms with van der Waals surface area (Å²) in [5, 5.41) is 3.51. The van der Waals surface area contributed by atoms with Gasteiger partial charge in [0.05, 0.1) is 0 Å². The molecule has 1 N–H and O–H groups in total. The second-order valence-electron chi connectivity index (χ2n) is 5.31. The molecule has 3 aromatic rings. The van der Waals surface area contributed by atoms with Crippen LogP contribution < -0.4 is 5.32 Å². The number of para-hydroxylation sites is 1. The Bertz CT molecular complexity index is 899. The molecule has 0 bridgehead atoms. The van der Waals surface area contributed by atoms with Crippen LogP contribution in [0.2, 0.25) is 0 Å². The van der Waals surface area contributed by atoms with Crippen molar-refractivity contribution in [3.05, 3.63) is 65.6 Å². The fourth-order valence-electron chi connectivity index (χ4n) is 2.59. The first kappa shape index (κ1) is 15.0. The minimum atomic E-state index is -0.363. The molecule has 0 radical (unpaired) electrons. The summed E-state index contributed by atoms with van der Waals surface area (Å²) >= 11 is 0. The van der Waals surface area contributed by atoms with Crippen LogP contribution in [0.25, 0.3) is 10.9 Å². The SMILES string of the molecule is Cc1c(F)cccc1NC(=O)Cn1cc(C=O)c2ccccc21. The van der Waals surface area contributed by atoms with E-state index >= 15 is 0 Å². The Morgan fingerprint density at radius 1 is 1.22 bits per heavy atom. The van der Waals surface area contributed by atoms with E-state index in [-0.39, 0.29) is 18.3 Å². The van der Waals surface area contributed by atoms with Crippen LogP contribution in [-0.2, 0) is 11.3 Å². The van der Waals surface area contributed by atoms with Gasteiger partial charge >= 0.3 is 0 Å². The highest BCUT2D eigenvalue weighted by atomic mass is 19.1. The predicted octanol–water partition coefficient (Wildman–Crippen LogP) is 3.54. The van der Waals surface area contributed by atoms with Crippen molar-refractivity contribution >= 4 is 28.8 Å². The zero-order valence-corrected chi connectivity index (χ0v) is 12.5. The number of carbonyl (C=O) groups excluding carboxylic acids is 2. The van der Waals surface area contributed by atoms with E-state index in [0.717, 1.165) is 17.2 Å². The van der Waals surface area contributed by atoms with Gasteiger partial charge in [0.2, 0.25) is 5.91 Å². The summed E-state index contributed by atoms with van der Waals surface area (Å²) in [5.41, 5.74) is 2.19. The van der Waals surface area contributed by atoms with E-state index in [1.54, 1.807) is 29.8 Å². The lowest BCUT2D eigenvalue weighted by Gasteiger charge is -2.10. The molecule has 0 atom stereocenters. The Morgan fingerprint density at radius 3 is 2.78 bits per heavy atom. The summed E-state index contributed by atoms with van der Waals surface area (Å²) in [6.45, 7) is 1.66. The second kappa shape index (κ2) is 6.04. The van der Waals surface area contributed by atoms with Gasteiger partial charge in [0, 0.05) is 33.9 Å². The highest BCUT2D eigenvalue weighted by Gasteiger charge is 2.12. The van der Waals surface area contributed by atoms with Gasteiger partial charge in [-0.15, -0.1) is 0 Å². The molecule has 0 aliphatic heterocycles. The average Bonchev–Trinajstić information content (AvgIpc) is 2.90. The maximum absolute atomic E-state index is 13.5. The molecule has 0 saturated carbocycles.